The maximum atomic E-state index is 14.1. The molecule has 0 aliphatic carbocycles. The lowest BCUT2D eigenvalue weighted by Crippen LogP contribution is -2.46. The van der Waals surface area contributed by atoms with Crippen LogP contribution in [0.4, 0.5) is 14.5 Å². The molecule has 1 saturated heterocycles. The highest BCUT2D eigenvalue weighted by atomic mass is 19.2. The van der Waals surface area contributed by atoms with Crippen molar-refractivity contribution in [2.24, 2.45) is 0 Å². The normalized spacial score (nSPS) is 15.8. The van der Waals surface area contributed by atoms with Crippen LogP contribution in [0.5, 0.6) is 0 Å². The van der Waals surface area contributed by atoms with Crippen molar-refractivity contribution in [3.8, 4) is 0 Å². The molecule has 2 aromatic heterocycles. The maximum absolute atomic E-state index is 14.1. The van der Waals surface area contributed by atoms with Crippen LogP contribution in [-0.4, -0.2) is 46.2 Å². The zero-order chi connectivity index (χ0) is 18.3. The number of benzene rings is 1. The summed E-state index contributed by atoms with van der Waals surface area (Å²) in [6, 6.07) is 4.69. The summed E-state index contributed by atoms with van der Waals surface area (Å²) in [5.41, 5.74) is 1.65. The SMILES string of the molecule is Cc1cc(N2CCN(Cc3noc(C)n3)CC2)c2ccc(F)c(F)c2n1. The molecule has 1 aliphatic heterocycles. The minimum absolute atomic E-state index is 0.0877. The van der Waals surface area contributed by atoms with Crippen LogP contribution in [0.1, 0.15) is 17.4 Å². The number of anilines is 1. The molecule has 0 saturated carbocycles. The monoisotopic (exact) mass is 359 g/mol. The van der Waals surface area contributed by atoms with Gasteiger partial charge < -0.3 is 9.42 Å². The first-order valence-electron chi connectivity index (χ1n) is 8.53. The van der Waals surface area contributed by atoms with Gasteiger partial charge in [0.1, 0.15) is 5.52 Å². The molecule has 1 aliphatic rings. The lowest BCUT2D eigenvalue weighted by Gasteiger charge is -2.36. The number of nitrogens with zero attached hydrogens (tertiary/aromatic N) is 5. The lowest BCUT2D eigenvalue weighted by molar-refractivity contribution is 0.240. The fraction of sp³-hybridized carbons (Fsp3) is 0.389. The van der Waals surface area contributed by atoms with Crippen LogP contribution in [-0.2, 0) is 6.54 Å². The van der Waals surface area contributed by atoms with Gasteiger partial charge in [0.2, 0.25) is 5.89 Å². The predicted octanol–water partition coefficient (Wildman–Crippen LogP) is 2.84. The summed E-state index contributed by atoms with van der Waals surface area (Å²) < 4.78 is 32.7. The van der Waals surface area contributed by atoms with E-state index in [0.29, 0.717) is 29.3 Å². The molecule has 0 amide bonds. The van der Waals surface area contributed by atoms with Crippen LogP contribution in [0.2, 0.25) is 0 Å². The zero-order valence-electron chi connectivity index (χ0n) is 14.7. The van der Waals surface area contributed by atoms with Crippen molar-refractivity contribution >= 4 is 16.6 Å². The van der Waals surface area contributed by atoms with Crippen molar-refractivity contribution in [3.63, 3.8) is 0 Å². The van der Waals surface area contributed by atoms with Crippen molar-refractivity contribution in [3.05, 3.63) is 47.2 Å². The van der Waals surface area contributed by atoms with E-state index in [2.05, 4.69) is 24.9 Å². The molecule has 3 heterocycles. The number of halogens is 2. The van der Waals surface area contributed by atoms with Crippen molar-refractivity contribution in [1.29, 1.82) is 0 Å². The third-order valence-corrected chi connectivity index (χ3v) is 4.63. The molecular weight excluding hydrogens is 340 g/mol. The number of hydrogen-bond donors (Lipinski definition) is 0. The molecule has 0 spiro atoms. The average molecular weight is 359 g/mol. The summed E-state index contributed by atoms with van der Waals surface area (Å²) in [5, 5.41) is 4.57. The van der Waals surface area contributed by atoms with E-state index in [1.807, 2.05) is 6.07 Å². The Morgan fingerprint density at radius 1 is 1.08 bits per heavy atom. The van der Waals surface area contributed by atoms with Crippen LogP contribution in [0, 0.1) is 25.5 Å². The zero-order valence-corrected chi connectivity index (χ0v) is 14.7. The van der Waals surface area contributed by atoms with E-state index < -0.39 is 11.6 Å². The summed E-state index contributed by atoms with van der Waals surface area (Å²) >= 11 is 0. The highest BCUT2D eigenvalue weighted by molar-refractivity contribution is 5.92. The predicted molar refractivity (Wildman–Crippen MR) is 92.9 cm³/mol. The second-order valence-corrected chi connectivity index (χ2v) is 6.53. The van der Waals surface area contributed by atoms with Crippen molar-refractivity contribution < 1.29 is 13.3 Å². The Hall–Kier alpha value is -2.61. The molecule has 3 aromatic rings. The Bertz CT molecular complexity index is 950. The van der Waals surface area contributed by atoms with Gasteiger partial charge in [-0.3, -0.25) is 4.90 Å². The number of piperazine rings is 1. The van der Waals surface area contributed by atoms with Crippen LogP contribution in [0.15, 0.2) is 22.7 Å². The standard InChI is InChI=1S/C18H19F2N5O/c1-11-9-15(13-3-4-14(19)17(20)18(13)21-11)25-7-5-24(6-8-25)10-16-22-12(2)26-23-16/h3-4,9H,5-8,10H2,1-2H3. The van der Waals surface area contributed by atoms with E-state index >= 15 is 0 Å². The quantitative estimate of drug-likeness (QED) is 0.717. The minimum Gasteiger partial charge on any atom is -0.368 e. The van der Waals surface area contributed by atoms with Crippen molar-refractivity contribution in [2.45, 2.75) is 20.4 Å². The molecule has 136 valence electrons. The number of aromatic nitrogens is 3. The molecule has 26 heavy (non-hydrogen) atoms. The number of fused-ring (bicyclic) bond motifs is 1. The third-order valence-electron chi connectivity index (χ3n) is 4.63. The van der Waals surface area contributed by atoms with Crippen LogP contribution < -0.4 is 4.90 Å². The molecule has 6 nitrogen and oxygen atoms in total. The first-order valence-corrected chi connectivity index (χ1v) is 8.53. The molecule has 0 radical (unpaired) electrons. The van der Waals surface area contributed by atoms with E-state index in [1.165, 1.54) is 0 Å². The topological polar surface area (TPSA) is 58.3 Å². The van der Waals surface area contributed by atoms with Crippen molar-refractivity contribution in [2.75, 3.05) is 31.1 Å². The van der Waals surface area contributed by atoms with Gasteiger partial charge in [-0.05, 0) is 25.1 Å². The Kier molecular flexibility index (Phi) is 4.28. The van der Waals surface area contributed by atoms with Gasteiger partial charge in [0.15, 0.2) is 17.5 Å². The first kappa shape index (κ1) is 16.8. The van der Waals surface area contributed by atoms with Crippen LogP contribution in [0.3, 0.4) is 0 Å². The van der Waals surface area contributed by atoms with Gasteiger partial charge in [0.25, 0.3) is 0 Å². The van der Waals surface area contributed by atoms with Gasteiger partial charge in [-0.25, -0.2) is 13.8 Å². The van der Waals surface area contributed by atoms with Gasteiger partial charge in [0, 0.05) is 49.9 Å². The molecule has 0 unspecified atom stereocenters. The average Bonchev–Trinajstić information content (AvgIpc) is 3.03. The first-order chi connectivity index (χ1) is 12.5. The summed E-state index contributed by atoms with van der Waals surface area (Å²) in [6.07, 6.45) is 0. The summed E-state index contributed by atoms with van der Waals surface area (Å²) in [6.45, 7) is 7.39. The van der Waals surface area contributed by atoms with E-state index in [1.54, 1.807) is 19.9 Å². The minimum atomic E-state index is -0.890. The second-order valence-electron chi connectivity index (χ2n) is 6.53. The molecule has 1 aromatic carbocycles. The van der Waals surface area contributed by atoms with Gasteiger partial charge in [-0.1, -0.05) is 5.16 Å². The Labute approximate surface area is 149 Å². The highest BCUT2D eigenvalue weighted by Crippen LogP contribution is 2.30. The summed E-state index contributed by atoms with van der Waals surface area (Å²) in [4.78, 5) is 12.9. The summed E-state index contributed by atoms with van der Waals surface area (Å²) in [7, 11) is 0. The van der Waals surface area contributed by atoms with Gasteiger partial charge in [0.05, 0.1) is 6.54 Å². The Balaban J connectivity index is 1.55. The van der Waals surface area contributed by atoms with Gasteiger partial charge in [-0.15, -0.1) is 0 Å². The van der Waals surface area contributed by atoms with Gasteiger partial charge in [-0.2, -0.15) is 4.98 Å². The highest BCUT2D eigenvalue weighted by Gasteiger charge is 2.22. The molecule has 0 atom stereocenters. The summed E-state index contributed by atoms with van der Waals surface area (Å²) in [5.74, 6) is -0.523. The molecule has 1 fully saturated rings. The van der Waals surface area contributed by atoms with Crippen LogP contribution in [0.25, 0.3) is 10.9 Å². The Morgan fingerprint density at radius 3 is 2.54 bits per heavy atom. The second kappa shape index (κ2) is 6.60. The largest absolute Gasteiger partial charge is 0.368 e. The lowest BCUT2D eigenvalue weighted by atomic mass is 10.1. The fourth-order valence-electron chi connectivity index (χ4n) is 3.35. The van der Waals surface area contributed by atoms with E-state index in [4.69, 9.17) is 4.52 Å². The molecule has 0 bridgehead atoms. The number of hydrogen-bond acceptors (Lipinski definition) is 6. The van der Waals surface area contributed by atoms with Crippen LogP contribution >= 0.6 is 0 Å². The Morgan fingerprint density at radius 2 is 1.85 bits per heavy atom. The molecule has 4 rings (SSSR count). The van der Waals surface area contributed by atoms with E-state index in [-0.39, 0.29) is 5.52 Å². The number of rotatable bonds is 3. The molecular formula is C18H19F2N5O. The van der Waals surface area contributed by atoms with Crippen molar-refractivity contribution in [1.82, 2.24) is 20.0 Å². The fourth-order valence-corrected chi connectivity index (χ4v) is 3.35. The number of aryl methyl sites for hydroxylation is 2. The van der Waals surface area contributed by atoms with Gasteiger partial charge >= 0.3 is 0 Å². The maximum Gasteiger partial charge on any atom is 0.223 e. The third kappa shape index (κ3) is 3.12. The van der Waals surface area contributed by atoms with E-state index in [0.717, 1.165) is 37.9 Å². The molecule has 8 heteroatoms. The molecule has 0 N–H and O–H groups in total. The smallest absolute Gasteiger partial charge is 0.223 e. The van der Waals surface area contributed by atoms with E-state index in [9.17, 15) is 8.78 Å². The number of pyridine rings is 1.